The van der Waals surface area contributed by atoms with Gasteiger partial charge in [-0.1, -0.05) is 30.3 Å². The summed E-state index contributed by atoms with van der Waals surface area (Å²) in [4.78, 5) is 54.0. The zero-order valence-corrected chi connectivity index (χ0v) is 16.8. The first kappa shape index (κ1) is 20.6. The Hall–Kier alpha value is -3.10. The lowest BCUT2D eigenvalue weighted by Gasteiger charge is -2.40. The average Bonchev–Trinajstić information content (AvgIpc) is 3.11. The van der Waals surface area contributed by atoms with Crippen molar-refractivity contribution in [1.29, 1.82) is 0 Å². The summed E-state index contributed by atoms with van der Waals surface area (Å²) in [6.45, 7) is 0.0587. The predicted molar refractivity (Wildman–Crippen MR) is 104 cm³/mol. The molecule has 2 heterocycles. The zero-order valence-electron chi connectivity index (χ0n) is 16.8. The predicted octanol–water partition coefficient (Wildman–Crippen LogP) is 0.231. The first-order valence-electron chi connectivity index (χ1n) is 9.50. The third-order valence-corrected chi connectivity index (χ3v) is 5.44. The second-order valence-corrected chi connectivity index (χ2v) is 7.50. The molecule has 1 N–H and O–H groups in total. The molecule has 0 spiro atoms. The molecule has 3 rings (SSSR count). The Labute approximate surface area is 169 Å². The van der Waals surface area contributed by atoms with Crippen molar-refractivity contribution in [2.45, 2.75) is 18.5 Å². The molecule has 2 fully saturated rings. The minimum Gasteiger partial charge on any atom is -0.469 e. The van der Waals surface area contributed by atoms with E-state index in [9.17, 15) is 19.2 Å². The largest absolute Gasteiger partial charge is 0.469 e. The van der Waals surface area contributed by atoms with Gasteiger partial charge in [-0.2, -0.15) is 0 Å². The van der Waals surface area contributed by atoms with E-state index in [2.05, 4.69) is 5.32 Å². The van der Waals surface area contributed by atoms with Gasteiger partial charge in [0.05, 0.1) is 38.2 Å². The number of urea groups is 1. The van der Waals surface area contributed by atoms with Crippen molar-refractivity contribution in [2.75, 3.05) is 40.8 Å². The number of esters is 1. The second-order valence-electron chi connectivity index (χ2n) is 7.50. The Bertz CT molecular complexity index is 797. The molecule has 156 valence electrons. The lowest BCUT2D eigenvalue weighted by Crippen LogP contribution is -2.57. The van der Waals surface area contributed by atoms with Crippen molar-refractivity contribution in [3.63, 3.8) is 0 Å². The van der Waals surface area contributed by atoms with Gasteiger partial charge in [0.1, 0.15) is 0 Å². The zero-order chi connectivity index (χ0) is 21.1. The number of hydrogen-bond donors (Lipinski definition) is 1. The highest BCUT2D eigenvalue weighted by atomic mass is 16.5. The maximum atomic E-state index is 13.0. The third-order valence-electron chi connectivity index (χ3n) is 5.44. The average molecular weight is 402 g/mol. The number of amides is 4. The topological polar surface area (TPSA) is 99.3 Å². The molecule has 0 radical (unpaired) electrons. The lowest BCUT2D eigenvalue weighted by atomic mass is 9.93. The van der Waals surface area contributed by atoms with E-state index in [-0.39, 0.29) is 42.9 Å². The van der Waals surface area contributed by atoms with Crippen molar-refractivity contribution in [1.82, 2.24) is 20.0 Å². The van der Waals surface area contributed by atoms with Crippen LogP contribution in [0.3, 0.4) is 0 Å². The van der Waals surface area contributed by atoms with Gasteiger partial charge in [0.15, 0.2) is 0 Å². The van der Waals surface area contributed by atoms with Gasteiger partial charge in [0.25, 0.3) is 0 Å². The Morgan fingerprint density at radius 2 is 1.90 bits per heavy atom. The summed E-state index contributed by atoms with van der Waals surface area (Å²) in [6, 6.07) is 8.34. The van der Waals surface area contributed by atoms with E-state index in [4.69, 9.17) is 4.74 Å². The van der Waals surface area contributed by atoms with Gasteiger partial charge in [-0.3, -0.25) is 14.4 Å². The highest BCUT2D eigenvalue weighted by Crippen LogP contribution is 2.43. The van der Waals surface area contributed by atoms with Crippen LogP contribution in [-0.4, -0.2) is 85.4 Å². The SMILES string of the molecule is COC(=O)[C@H]1C[C@H]2CN(C(=O)CNC(=O)N(C)C)CC(=O)N2[C@H]1c1ccccc1. The van der Waals surface area contributed by atoms with E-state index in [1.165, 1.54) is 16.9 Å². The molecule has 0 bridgehead atoms. The van der Waals surface area contributed by atoms with Crippen LogP contribution in [0.25, 0.3) is 0 Å². The number of methoxy groups -OCH3 is 1. The molecule has 1 aromatic carbocycles. The van der Waals surface area contributed by atoms with E-state index in [1.54, 1.807) is 19.0 Å². The molecule has 9 nitrogen and oxygen atoms in total. The first-order chi connectivity index (χ1) is 13.8. The van der Waals surface area contributed by atoms with Gasteiger partial charge in [-0.05, 0) is 12.0 Å². The number of hydrogen-bond acceptors (Lipinski definition) is 5. The smallest absolute Gasteiger partial charge is 0.317 e. The first-order valence-corrected chi connectivity index (χ1v) is 9.50. The molecular weight excluding hydrogens is 376 g/mol. The Balaban J connectivity index is 1.77. The summed E-state index contributed by atoms with van der Waals surface area (Å²) in [6.07, 6.45) is 0.422. The van der Waals surface area contributed by atoms with Crippen LogP contribution in [0.15, 0.2) is 30.3 Å². The van der Waals surface area contributed by atoms with Gasteiger partial charge in [0, 0.05) is 20.6 Å². The van der Waals surface area contributed by atoms with Crippen LogP contribution in [0, 0.1) is 5.92 Å². The fourth-order valence-corrected chi connectivity index (χ4v) is 4.07. The molecule has 4 amide bonds. The molecular formula is C20H26N4O5. The normalized spacial score (nSPS) is 23.4. The molecule has 0 unspecified atom stereocenters. The molecule has 9 heteroatoms. The minimum atomic E-state index is -0.486. The fraction of sp³-hybridized carbons (Fsp3) is 0.500. The number of nitrogens with zero attached hydrogens (tertiary/aromatic N) is 3. The molecule has 2 saturated heterocycles. The summed E-state index contributed by atoms with van der Waals surface area (Å²) in [7, 11) is 4.50. The van der Waals surface area contributed by atoms with E-state index < -0.39 is 12.0 Å². The maximum Gasteiger partial charge on any atom is 0.317 e. The number of carbonyl (C=O) groups is 4. The van der Waals surface area contributed by atoms with E-state index in [0.29, 0.717) is 13.0 Å². The van der Waals surface area contributed by atoms with Gasteiger partial charge in [0.2, 0.25) is 11.8 Å². The van der Waals surface area contributed by atoms with E-state index in [1.807, 2.05) is 30.3 Å². The minimum absolute atomic E-state index is 0.0790. The molecule has 1 aromatic rings. The van der Waals surface area contributed by atoms with Gasteiger partial charge in [-0.15, -0.1) is 0 Å². The number of carbonyl (C=O) groups excluding carboxylic acids is 4. The molecule has 0 saturated carbocycles. The van der Waals surface area contributed by atoms with Crippen LogP contribution in [0.1, 0.15) is 18.0 Å². The monoisotopic (exact) mass is 402 g/mol. The number of rotatable bonds is 4. The standard InChI is InChI=1S/C20H26N4O5/c1-22(2)20(28)21-10-16(25)23-11-14-9-15(19(27)29-3)18(24(14)17(26)12-23)13-7-5-4-6-8-13/h4-8,14-15,18H,9-12H2,1-3H3,(H,21,28)/t14-,15-,18-/m0/s1. The molecule has 3 atom stereocenters. The highest BCUT2D eigenvalue weighted by molar-refractivity contribution is 5.90. The van der Waals surface area contributed by atoms with Crippen LogP contribution < -0.4 is 5.32 Å². The van der Waals surface area contributed by atoms with Crippen molar-refractivity contribution in [3.05, 3.63) is 35.9 Å². The summed E-state index contributed by atoms with van der Waals surface area (Å²) < 4.78 is 4.98. The highest BCUT2D eigenvalue weighted by Gasteiger charge is 2.51. The fourth-order valence-electron chi connectivity index (χ4n) is 4.07. The van der Waals surface area contributed by atoms with E-state index >= 15 is 0 Å². The lowest BCUT2D eigenvalue weighted by molar-refractivity contribution is -0.150. The van der Waals surface area contributed by atoms with Gasteiger partial charge in [-0.25, -0.2) is 4.79 Å². The van der Waals surface area contributed by atoms with Crippen LogP contribution in [0.2, 0.25) is 0 Å². The van der Waals surface area contributed by atoms with Crippen molar-refractivity contribution < 1.29 is 23.9 Å². The summed E-state index contributed by atoms with van der Waals surface area (Å²) in [5.74, 6) is -1.39. The van der Waals surface area contributed by atoms with Crippen LogP contribution in [-0.2, 0) is 19.1 Å². The Morgan fingerprint density at radius 1 is 1.21 bits per heavy atom. The van der Waals surface area contributed by atoms with Crippen molar-refractivity contribution in [3.8, 4) is 0 Å². The molecule has 2 aliphatic rings. The number of benzene rings is 1. The van der Waals surface area contributed by atoms with Crippen LogP contribution in [0.5, 0.6) is 0 Å². The third kappa shape index (κ3) is 4.18. The number of nitrogens with one attached hydrogen (secondary N) is 1. The summed E-state index contributed by atoms with van der Waals surface area (Å²) >= 11 is 0. The van der Waals surface area contributed by atoms with Crippen LogP contribution in [0.4, 0.5) is 4.79 Å². The Morgan fingerprint density at radius 3 is 2.52 bits per heavy atom. The number of ether oxygens (including phenoxy) is 1. The number of fused-ring (bicyclic) bond motifs is 1. The molecule has 29 heavy (non-hydrogen) atoms. The number of piperazine rings is 1. The van der Waals surface area contributed by atoms with Crippen LogP contribution >= 0.6 is 0 Å². The molecule has 2 aliphatic heterocycles. The van der Waals surface area contributed by atoms with Crippen molar-refractivity contribution in [2.24, 2.45) is 5.92 Å². The molecule has 0 aromatic heterocycles. The second kappa shape index (κ2) is 8.50. The van der Waals surface area contributed by atoms with Crippen molar-refractivity contribution >= 4 is 23.8 Å². The molecule has 0 aliphatic carbocycles. The quantitative estimate of drug-likeness (QED) is 0.727. The Kier molecular flexibility index (Phi) is 6.05. The maximum absolute atomic E-state index is 13.0. The summed E-state index contributed by atoms with van der Waals surface area (Å²) in [5.41, 5.74) is 0.872. The van der Waals surface area contributed by atoms with Gasteiger partial charge >= 0.3 is 12.0 Å². The van der Waals surface area contributed by atoms with Gasteiger partial charge < -0.3 is 24.8 Å². The van der Waals surface area contributed by atoms with E-state index in [0.717, 1.165) is 5.56 Å². The summed E-state index contributed by atoms with van der Waals surface area (Å²) in [5, 5.41) is 2.52.